The number of benzene rings is 1. The Balaban J connectivity index is 2.54. The van der Waals surface area contributed by atoms with Crippen molar-refractivity contribution in [1.29, 1.82) is 0 Å². The molecule has 0 aliphatic carbocycles. The van der Waals surface area contributed by atoms with E-state index in [9.17, 15) is 14.7 Å². The topological polar surface area (TPSA) is 66.8 Å². The molecule has 0 saturated heterocycles. The molecule has 21 heavy (non-hydrogen) atoms. The van der Waals surface area contributed by atoms with Gasteiger partial charge in [0.1, 0.15) is 5.75 Å². The third kappa shape index (κ3) is 2.78. The van der Waals surface area contributed by atoms with Crippen molar-refractivity contribution >= 4 is 17.4 Å². The molecule has 1 N–H and O–H groups in total. The minimum atomic E-state index is -0.598. The quantitative estimate of drug-likeness (QED) is 0.920. The van der Waals surface area contributed by atoms with Crippen molar-refractivity contribution in [1.82, 2.24) is 0 Å². The number of fused-ring (bicyclic) bond motifs is 1. The van der Waals surface area contributed by atoms with E-state index in [1.165, 1.54) is 11.8 Å². The third-order valence-corrected chi connectivity index (χ3v) is 3.78. The number of ketones is 1. The summed E-state index contributed by atoms with van der Waals surface area (Å²) in [5, 5.41) is 9.27. The Bertz CT molecular complexity index is 567. The van der Waals surface area contributed by atoms with Crippen LogP contribution in [0.1, 0.15) is 33.3 Å². The van der Waals surface area contributed by atoms with Gasteiger partial charge in [0.05, 0.1) is 18.3 Å². The van der Waals surface area contributed by atoms with E-state index in [0.717, 1.165) is 0 Å². The Morgan fingerprint density at radius 3 is 2.57 bits per heavy atom. The molecule has 0 radical (unpaired) electrons. The summed E-state index contributed by atoms with van der Waals surface area (Å²) in [5.41, 5.74) is 1.22. The molecule has 2 rings (SSSR count). The van der Waals surface area contributed by atoms with E-state index in [2.05, 4.69) is 0 Å². The van der Waals surface area contributed by atoms with Gasteiger partial charge >= 0.3 is 0 Å². The van der Waals surface area contributed by atoms with Crippen LogP contribution in [-0.2, 0) is 16.2 Å². The van der Waals surface area contributed by atoms with Crippen LogP contribution in [0.15, 0.2) is 18.2 Å². The molecule has 114 valence electrons. The van der Waals surface area contributed by atoms with Gasteiger partial charge in [0, 0.05) is 0 Å². The molecule has 1 aromatic rings. The van der Waals surface area contributed by atoms with Crippen molar-refractivity contribution in [2.75, 3.05) is 4.90 Å². The minimum Gasteiger partial charge on any atom is -0.478 e. The standard InChI is InChI=1S/C16H21NO4/c1-9(2)15-16(20)17(10(3)11(4)19)13-7-12(8-18)5-6-14(13)21-15/h5-7,9-10,15,18H,8H2,1-4H3. The summed E-state index contributed by atoms with van der Waals surface area (Å²) in [4.78, 5) is 25.9. The molecule has 0 fully saturated rings. The van der Waals surface area contributed by atoms with E-state index < -0.39 is 12.1 Å². The van der Waals surface area contributed by atoms with Crippen molar-refractivity contribution in [3.63, 3.8) is 0 Å². The van der Waals surface area contributed by atoms with Crippen molar-refractivity contribution in [3.05, 3.63) is 23.8 Å². The van der Waals surface area contributed by atoms with Gasteiger partial charge < -0.3 is 9.84 Å². The van der Waals surface area contributed by atoms with Crippen molar-refractivity contribution in [2.45, 2.75) is 46.4 Å². The first-order valence-corrected chi connectivity index (χ1v) is 7.10. The van der Waals surface area contributed by atoms with E-state index >= 15 is 0 Å². The molecule has 0 aromatic heterocycles. The number of aliphatic hydroxyl groups is 1. The normalized spacial score (nSPS) is 19.2. The summed E-state index contributed by atoms with van der Waals surface area (Å²) in [6.07, 6.45) is -0.598. The smallest absolute Gasteiger partial charge is 0.269 e. The zero-order chi connectivity index (χ0) is 15.7. The summed E-state index contributed by atoms with van der Waals surface area (Å²) in [7, 11) is 0. The number of rotatable bonds is 4. The Hall–Kier alpha value is -1.88. The SMILES string of the molecule is CC(=O)C(C)N1C(=O)C(C(C)C)Oc2ccc(CO)cc21. The fourth-order valence-electron chi connectivity index (χ4n) is 2.39. The van der Waals surface area contributed by atoms with E-state index in [-0.39, 0.29) is 24.2 Å². The molecule has 0 spiro atoms. The summed E-state index contributed by atoms with van der Waals surface area (Å²) >= 11 is 0. The molecule has 1 amide bonds. The summed E-state index contributed by atoms with van der Waals surface area (Å²) in [6, 6.07) is 4.63. The largest absolute Gasteiger partial charge is 0.478 e. The Morgan fingerprint density at radius 2 is 2.05 bits per heavy atom. The van der Waals surface area contributed by atoms with Crippen LogP contribution in [0.5, 0.6) is 5.75 Å². The number of carbonyl (C=O) groups excluding carboxylic acids is 2. The highest BCUT2D eigenvalue weighted by molar-refractivity contribution is 6.05. The van der Waals surface area contributed by atoms with Crippen molar-refractivity contribution in [2.24, 2.45) is 5.92 Å². The lowest BCUT2D eigenvalue weighted by atomic mass is 10.00. The van der Waals surface area contributed by atoms with E-state index in [0.29, 0.717) is 17.0 Å². The highest BCUT2D eigenvalue weighted by Crippen LogP contribution is 2.37. The van der Waals surface area contributed by atoms with Crippen LogP contribution in [0.4, 0.5) is 5.69 Å². The van der Waals surface area contributed by atoms with E-state index in [1.54, 1.807) is 25.1 Å². The maximum absolute atomic E-state index is 12.7. The number of Topliss-reactive ketones (excluding diaryl/α,β-unsaturated/α-hetero) is 1. The van der Waals surface area contributed by atoms with Crippen LogP contribution in [0.2, 0.25) is 0 Å². The lowest BCUT2D eigenvalue weighted by molar-refractivity contribution is -0.131. The van der Waals surface area contributed by atoms with E-state index in [1.807, 2.05) is 13.8 Å². The van der Waals surface area contributed by atoms with Crippen LogP contribution in [0.3, 0.4) is 0 Å². The number of nitrogens with zero attached hydrogens (tertiary/aromatic N) is 1. The Kier molecular flexibility index (Phi) is 4.32. The predicted molar refractivity (Wildman–Crippen MR) is 79.2 cm³/mol. The average Bonchev–Trinajstić information content (AvgIpc) is 2.44. The first-order valence-electron chi connectivity index (χ1n) is 7.10. The predicted octanol–water partition coefficient (Wildman–Crippen LogP) is 1.91. The maximum Gasteiger partial charge on any atom is 0.269 e. The van der Waals surface area contributed by atoms with Gasteiger partial charge in [0.25, 0.3) is 5.91 Å². The van der Waals surface area contributed by atoms with Crippen LogP contribution in [-0.4, -0.2) is 28.9 Å². The zero-order valence-electron chi connectivity index (χ0n) is 12.8. The number of hydrogen-bond acceptors (Lipinski definition) is 4. The van der Waals surface area contributed by atoms with Gasteiger partial charge in [-0.15, -0.1) is 0 Å². The number of anilines is 1. The molecule has 0 bridgehead atoms. The molecule has 1 heterocycles. The summed E-state index contributed by atoms with van der Waals surface area (Å²) < 4.78 is 5.78. The van der Waals surface area contributed by atoms with Crippen LogP contribution >= 0.6 is 0 Å². The van der Waals surface area contributed by atoms with Gasteiger partial charge in [-0.05, 0) is 37.5 Å². The second-order valence-electron chi connectivity index (χ2n) is 5.74. The van der Waals surface area contributed by atoms with Gasteiger partial charge in [-0.1, -0.05) is 19.9 Å². The molecule has 1 aliphatic heterocycles. The Labute approximate surface area is 124 Å². The van der Waals surface area contributed by atoms with Crippen molar-refractivity contribution < 1.29 is 19.4 Å². The minimum absolute atomic E-state index is 0.00447. The highest BCUT2D eigenvalue weighted by atomic mass is 16.5. The number of carbonyl (C=O) groups is 2. The highest BCUT2D eigenvalue weighted by Gasteiger charge is 2.39. The monoisotopic (exact) mass is 291 g/mol. The lowest BCUT2D eigenvalue weighted by Gasteiger charge is -2.38. The molecule has 5 nitrogen and oxygen atoms in total. The first-order chi connectivity index (χ1) is 9.86. The average molecular weight is 291 g/mol. The summed E-state index contributed by atoms with van der Waals surface area (Å²) in [5.74, 6) is 0.270. The molecule has 2 atom stereocenters. The molecule has 0 saturated carbocycles. The van der Waals surface area contributed by atoms with Gasteiger partial charge in [-0.3, -0.25) is 14.5 Å². The molecule has 1 aromatic carbocycles. The number of amides is 1. The molecule has 5 heteroatoms. The van der Waals surface area contributed by atoms with Gasteiger partial charge in [-0.2, -0.15) is 0 Å². The Morgan fingerprint density at radius 1 is 1.38 bits per heavy atom. The number of aliphatic hydroxyl groups excluding tert-OH is 1. The van der Waals surface area contributed by atoms with Crippen LogP contribution in [0.25, 0.3) is 0 Å². The zero-order valence-corrected chi connectivity index (χ0v) is 12.8. The number of hydrogen-bond donors (Lipinski definition) is 1. The fraction of sp³-hybridized carbons (Fsp3) is 0.500. The van der Waals surface area contributed by atoms with Gasteiger partial charge in [0.15, 0.2) is 11.9 Å². The fourth-order valence-corrected chi connectivity index (χ4v) is 2.39. The van der Waals surface area contributed by atoms with Crippen LogP contribution < -0.4 is 9.64 Å². The molecule has 1 aliphatic rings. The lowest BCUT2D eigenvalue weighted by Crippen LogP contribution is -2.53. The van der Waals surface area contributed by atoms with E-state index in [4.69, 9.17) is 4.74 Å². The van der Waals surface area contributed by atoms with Crippen molar-refractivity contribution in [3.8, 4) is 5.75 Å². The second kappa shape index (κ2) is 5.85. The second-order valence-corrected chi connectivity index (χ2v) is 5.74. The molecular formula is C16H21NO4. The molecule has 2 unspecified atom stereocenters. The first kappa shape index (κ1) is 15.5. The third-order valence-electron chi connectivity index (χ3n) is 3.78. The molecular weight excluding hydrogens is 270 g/mol. The number of ether oxygens (including phenoxy) is 1. The van der Waals surface area contributed by atoms with Gasteiger partial charge in [-0.25, -0.2) is 0 Å². The maximum atomic E-state index is 12.7. The van der Waals surface area contributed by atoms with Gasteiger partial charge in [0.2, 0.25) is 0 Å². The summed E-state index contributed by atoms with van der Waals surface area (Å²) in [6.45, 7) is 6.86. The van der Waals surface area contributed by atoms with Crippen LogP contribution in [0, 0.1) is 5.92 Å².